The van der Waals surface area contributed by atoms with Gasteiger partial charge in [-0.15, -0.1) is 24.8 Å². The molecule has 0 spiro atoms. The van der Waals surface area contributed by atoms with Crippen LogP contribution in [-0.2, 0) is 19.1 Å². The van der Waals surface area contributed by atoms with Gasteiger partial charge in [0.25, 0.3) is 0 Å². The Kier molecular flexibility index (Phi) is 10.5. The molecule has 1 saturated heterocycles. The minimum atomic E-state index is -4.41. The summed E-state index contributed by atoms with van der Waals surface area (Å²) in [5.74, 6) is -0.119. The van der Waals surface area contributed by atoms with E-state index in [0.29, 0.717) is 6.42 Å². The van der Waals surface area contributed by atoms with Gasteiger partial charge in [0, 0.05) is 44.8 Å². The number of hydrogen-bond donors (Lipinski definition) is 0. The molecule has 0 aliphatic carbocycles. The second-order valence-electron chi connectivity index (χ2n) is 8.01. The fourth-order valence-corrected chi connectivity index (χ4v) is 3.98. The van der Waals surface area contributed by atoms with Crippen LogP contribution in [0.4, 0.5) is 18.9 Å². The zero-order chi connectivity index (χ0) is 22.4. The molecule has 1 heterocycles. The Balaban J connectivity index is 0.00000204. The Morgan fingerprint density at radius 2 is 1.29 bits per heavy atom. The molecule has 0 aromatic heterocycles. The molecule has 8 heteroatoms. The molecule has 4 rings (SSSR count). The standard InChI is InChI=1S/C26H27F3N2O.2ClH/c27-26(28,29)24-8-4-5-9-25(24)32-19-14-21-10-12-22(13-11-21)20-30-15-17-31(18-16-30)23-6-2-1-3-7-23;;/h1-13H,14-20H2;2*1H. The quantitative estimate of drug-likeness (QED) is 0.359. The second kappa shape index (κ2) is 12.9. The normalized spacial score (nSPS) is 14.1. The minimum Gasteiger partial charge on any atom is -0.493 e. The van der Waals surface area contributed by atoms with Crippen molar-refractivity contribution in [2.75, 3.05) is 37.7 Å². The third-order valence-electron chi connectivity index (χ3n) is 5.76. The van der Waals surface area contributed by atoms with Gasteiger partial charge < -0.3 is 9.64 Å². The van der Waals surface area contributed by atoms with Crippen molar-refractivity contribution in [3.8, 4) is 5.75 Å². The van der Waals surface area contributed by atoms with E-state index in [1.54, 1.807) is 6.07 Å². The third-order valence-corrected chi connectivity index (χ3v) is 5.76. The zero-order valence-electron chi connectivity index (χ0n) is 18.7. The van der Waals surface area contributed by atoms with Crippen molar-refractivity contribution in [2.45, 2.75) is 19.1 Å². The lowest BCUT2D eigenvalue weighted by Crippen LogP contribution is -2.45. The van der Waals surface area contributed by atoms with E-state index in [2.05, 4.69) is 46.2 Å². The summed E-state index contributed by atoms with van der Waals surface area (Å²) in [4.78, 5) is 4.86. The van der Waals surface area contributed by atoms with Crippen molar-refractivity contribution in [1.29, 1.82) is 0 Å². The average molecular weight is 513 g/mol. The van der Waals surface area contributed by atoms with Gasteiger partial charge >= 0.3 is 6.18 Å². The van der Waals surface area contributed by atoms with Crippen molar-refractivity contribution in [2.24, 2.45) is 0 Å². The van der Waals surface area contributed by atoms with Gasteiger partial charge in [0.1, 0.15) is 5.75 Å². The number of ether oxygens (including phenoxy) is 1. The topological polar surface area (TPSA) is 15.7 Å². The summed E-state index contributed by atoms with van der Waals surface area (Å²) in [6.07, 6.45) is -3.85. The lowest BCUT2D eigenvalue weighted by Gasteiger charge is -2.36. The summed E-state index contributed by atoms with van der Waals surface area (Å²) >= 11 is 0. The molecule has 0 N–H and O–H groups in total. The summed E-state index contributed by atoms with van der Waals surface area (Å²) in [6, 6.07) is 24.1. The first kappa shape index (κ1) is 27.8. The molecule has 184 valence electrons. The summed E-state index contributed by atoms with van der Waals surface area (Å²) < 4.78 is 44.6. The SMILES string of the molecule is Cl.Cl.FC(F)(F)c1ccccc1OCCc1ccc(CN2CCN(c3ccccc3)CC2)cc1. The molecule has 0 bridgehead atoms. The van der Waals surface area contributed by atoms with Crippen LogP contribution < -0.4 is 9.64 Å². The maximum absolute atomic E-state index is 13.1. The zero-order valence-corrected chi connectivity index (χ0v) is 20.3. The van der Waals surface area contributed by atoms with Crippen LogP contribution >= 0.6 is 24.8 Å². The summed E-state index contributed by atoms with van der Waals surface area (Å²) in [6.45, 7) is 5.16. The van der Waals surface area contributed by atoms with E-state index in [-0.39, 0.29) is 37.2 Å². The average Bonchev–Trinajstić information content (AvgIpc) is 2.81. The van der Waals surface area contributed by atoms with Crippen molar-refractivity contribution in [3.63, 3.8) is 0 Å². The largest absolute Gasteiger partial charge is 0.493 e. The van der Waals surface area contributed by atoms with Crippen LogP contribution in [0.1, 0.15) is 16.7 Å². The van der Waals surface area contributed by atoms with Gasteiger partial charge in [-0.3, -0.25) is 4.90 Å². The fourth-order valence-electron chi connectivity index (χ4n) is 3.98. The smallest absolute Gasteiger partial charge is 0.419 e. The van der Waals surface area contributed by atoms with Gasteiger partial charge in [-0.1, -0.05) is 54.6 Å². The first-order valence-corrected chi connectivity index (χ1v) is 10.9. The number of benzene rings is 3. The Hall–Kier alpha value is -2.41. The molecule has 3 aromatic carbocycles. The molecule has 0 unspecified atom stereocenters. The van der Waals surface area contributed by atoms with Gasteiger partial charge in [0.2, 0.25) is 0 Å². The van der Waals surface area contributed by atoms with Gasteiger partial charge in [0.15, 0.2) is 0 Å². The van der Waals surface area contributed by atoms with Crippen LogP contribution in [0.2, 0.25) is 0 Å². The third kappa shape index (κ3) is 7.55. The highest BCUT2D eigenvalue weighted by Gasteiger charge is 2.33. The summed E-state index contributed by atoms with van der Waals surface area (Å²) in [7, 11) is 0. The van der Waals surface area contributed by atoms with Gasteiger partial charge in [-0.2, -0.15) is 13.2 Å². The van der Waals surface area contributed by atoms with Crippen molar-refractivity contribution in [1.82, 2.24) is 4.90 Å². The second-order valence-corrected chi connectivity index (χ2v) is 8.01. The number of rotatable bonds is 7. The van der Waals surface area contributed by atoms with E-state index in [9.17, 15) is 13.2 Å². The van der Waals surface area contributed by atoms with E-state index >= 15 is 0 Å². The van der Waals surface area contributed by atoms with E-state index < -0.39 is 11.7 Å². The van der Waals surface area contributed by atoms with E-state index in [4.69, 9.17) is 4.74 Å². The highest BCUT2D eigenvalue weighted by Crippen LogP contribution is 2.35. The van der Waals surface area contributed by atoms with Gasteiger partial charge in [0.05, 0.1) is 12.2 Å². The molecule has 1 aliphatic heterocycles. The number of halogens is 5. The van der Waals surface area contributed by atoms with Crippen LogP contribution in [0, 0.1) is 0 Å². The van der Waals surface area contributed by atoms with Crippen molar-refractivity contribution in [3.05, 3.63) is 95.6 Å². The molecule has 0 saturated carbocycles. The Bertz CT molecular complexity index is 993. The molecular formula is C26H29Cl2F3N2O. The molecule has 0 radical (unpaired) electrons. The first-order valence-electron chi connectivity index (χ1n) is 10.9. The van der Waals surface area contributed by atoms with Gasteiger partial charge in [-0.25, -0.2) is 0 Å². The van der Waals surface area contributed by atoms with Crippen molar-refractivity contribution >= 4 is 30.5 Å². The van der Waals surface area contributed by atoms with Crippen LogP contribution in [0.25, 0.3) is 0 Å². The van der Waals surface area contributed by atoms with E-state index in [1.807, 2.05) is 18.2 Å². The first-order chi connectivity index (χ1) is 15.5. The van der Waals surface area contributed by atoms with Crippen LogP contribution in [-0.4, -0.2) is 37.7 Å². The molecule has 1 fully saturated rings. The predicted octanol–water partition coefficient (Wildman–Crippen LogP) is 6.49. The maximum Gasteiger partial charge on any atom is 0.419 e. The molecule has 1 aliphatic rings. The molecule has 0 atom stereocenters. The predicted molar refractivity (Wildman–Crippen MR) is 136 cm³/mol. The van der Waals surface area contributed by atoms with Crippen LogP contribution in [0.3, 0.4) is 0 Å². The molecule has 34 heavy (non-hydrogen) atoms. The number of para-hydroxylation sites is 2. The fraction of sp³-hybridized carbons (Fsp3) is 0.308. The lowest BCUT2D eigenvalue weighted by molar-refractivity contribution is -0.138. The maximum atomic E-state index is 13.1. The van der Waals surface area contributed by atoms with Crippen LogP contribution in [0.5, 0.6) is 5.75 Å². The Morgan fingerprint density at radius 1 is 0.706 bits per heavy atom. The van der Waals surface area contributed by atoms with Gasteiger partial charge in [-0.05, 0) is 35.4 Å². The number of nitrogens with zero attached hydrogens (tertiary/aromatic N) is 2. The van der Waals surface area contributed by atoms with Crippen LogP contribution in [0.15, 0.2) is 78.9 Å². The van der Waals surface area contributed by atoms with E-state index in [0.717, 1.165) is 44.4 Å². The molecular weight excluding hydrogens is 484 g/mol. The lowest BCUT2D eigenvalue weighted by atomic mass is 10.1. The number of alkyl halides is 3. The highest BCUT2D eigenvalue weighted by atomic mass is 35.5. The summed E-state index contributed by atoms with van der Waals surface area (Å²) in [5.41, 5.74) is 2.83. The Morgan fingerprint density at radius 3 is 1.94 bits per heavy atom. The minimum absolute atomic E-state index is 0. The van der Waals surface area contributed by atoms with E-state index in [1.165, 1.54) is 23.4 Å². The highest BCUT2D eigenvalue weighted by molar-refractivity contribution is 5.85. The monoisotopic (exact) mass is 512 g/mol. The number of piperazine rings is 1. The van der Waals surface area contributed by atoms with Crippen molar-refractivity contribution < 1.29 is 17.9 Å². The molecule has 3 aromatic rings. The summed E-state index contributed by atoms with van der Waals surface area (Å²) in [5, 5.41) is 0. The molecule has 0 amide bonds. The number of anilines is 1. The Labute approximate surface area is 211 Å². The number of hydrogen-bond acceptors (Lipinski definition) is 3. The molecule has 3 nitrogen and oxygen atoms in total.